The van der Waals surface area contributed by atoms with E-state index in [0.717, 1.165) is 16.6 Å². The van der Waals surface area contributed by atoms with Crippen LogP contribution in [0.1, 0.15) is 21.5 Å². The van der Waals surface area contributed by atoms with Crippen LogP contribution in [0.15, 0.2) is 66.9 Å². The first-order chi connectivity index (χ1) is 14.0. The Morgan fingerprint density at radius 2 is 1.86 bits per heavy atom. The van der Waals surface area contributed by atoms with Crippen molar-refractivity contribution in [3.05, 3.63) is 93.6 Å². The lowest BCUT2D eigenvalue weighted by Crippen LogP contribution is -2.05. The Morgan fingerprint density at radius 1 is 1.03 bits per heavy atom. The summed E-state index contributed by atoms with van der Waals surface area (Å²) in [6, 6.07) is 18.0. The normalized spacial score (nSPS) is 11.0. The van der Waals surface area contributed by atoms with Crippen molar-refractivity contribution in [3.8, 4) is 5.75 Å². The van der Waals surface area contributed by atoms with Crippen LogP contribution in [-0.2, 0) is 13.2 Å². The summed E-state index contributed by atoms with van der Waals surface area (Å²) in [5.74, 6) is -0.325. The highest BCUT2D eigenvalue weighted by molar-refractivity contribution is 6.31. The SMILES string of the molecule is O=C(O)c1cccc2c1cnn2Cc1cc(Cl)ccc1OCc1ccccc1Cl. The number of carboxylic acid groups (broad SMARTS) is 1. The molecule has 7 heteroatoms. The van der Waals surface area contributed by atoms with Gasteiger partial charge in [0.1, 0.15) is 12.4 Å². The Morgan fingerprint density at radius 3 is 2.66 bits per heavy atom. The molecule has 4 rings (SSSR count). The Labute approximate surface area is 177 Å². The molecule has 0 amide bonds. The first kappa shape index (κ1) is 19.3. The van der Waals surface area contributed by atoms with E-state index in [-0.39, 0.29) is 5.56 Å². The van der Waals surface area contributed by atoms with Crippen LogP contribution in [0.4, 0.5) is 0 Å². The molecule has 0 aliphatic heterocycles. The smallest absolute Gasteiger partial charge is 0.336 e. The van der Waals surface area contributed by atoms with Gasteiger partial charge in [0, 0.05) is 26.6 Å². The van der Waals surface area contributed by atoms with Crippen molar-refractivity contribution >= 4 is 40.1 Å². The lowest BCUT2D eigenvalue weighted by atomic mass is 10.1. The number of aromatic nitrogens is 2. The number of rotatable bonds is 6. The van der Waals surface area contributed by atoms with Gasteiger partial charge in [0.25, 0.3) is 0 Å². The fourth-order valence-corrected chi connectivity index (χ4v) is 3.55. The summed E-state index contributed by atoms with van der Waals surface area (Å²) in [7, 11) is 0. The maximum Gasteiger partial charge on any atom is 0.336 e. The predicted molar refractivity (Wildman–Crippen MR) is 113 cm³/mol. The fourth-order valence-electron chi connectivity index (χ4n) is 3.16. The van der Waals surface area contributed by atoms with Gasteiger partial charge in [-0.05, 0) is 36.4 Å². The number of aromatic carboxylic acids is 1. The zero-order chi connectivity index (χ0) is 20.4. The summed E-state index contributed by atoms with van der Waals surface area (Å²) in [6.07, 6.45) is 1.56. The van der Waals surface area contributed by atoms with E-state index in [9.17, 15) is 9.90 Å². The van der Waals surface area contributed by atoms with Crippen LogP contribution >= 0.6 is 23.2 Å². The molecule has 29 heavy (non-hydrogen) atoms. The van der Waals surface area contributed by atoms with Crippen LogP contribution in [0, 0.1) is 0 Å². The number of carbonyl (C=O) groups is 1. The van der Waals surface area contributed by atoms with Gasteiger partial charge in [-0.1, -0.05) is 47.5 Å². The Hall–Kier alpha value is -3.02. The van der Waals surface area contributed by atoms with Crippen molar-refractivity contribution in [2.24, 2.45) is 0 Å². The van der Waals surface area contributed by atoms with Crippen molar-refractivity contribution in [3.63, 3.8) is 0 Å². The van der Waals surface area contributed by atoms with Gasteiger partial charge in [-0.25, -0.2) is 4.79 Å². The maximum absolute atomic E-state index is 11.4. The molecule has 0 saturated heterocycles. The van der Waals surface area contributed by atoms with Crippen LogP contribution < -0.4 is 4.74 Å². The number of hydrogen-bond acceptors (Lipinski definition) is 3. The summed E-state index contributed by atoms with van der Waals surface area (Å²) < 4.78 is 7.74. The van der Waals surface area contributed by atoms with E-state index in [1.807, 2.05) is 42.5 Å². The third-order valence-electron chi connectivity index (χ3n) is 4.60. The number of ether oxygens (including phenoxy) is 1. The number of benzene rings is 3. The zero-order valence-electron chi connectivity index (χ0n) is 15.2. The predicted octanol–water partition coefficient (Wildman–Crippen LogP) is 5.67. The molecule has 0 radical (unpaired) electrons. The minimum atomic E-state index is -0.985. The van der Waals surface area contributed by atoms with Gasteiger partial charge in [0.05, 0.1) is 23.8 Å². The summed E-state index contributed by atoms with van der Waals surface area (Å²) in [5, 5.41) is 15.5. The van der Waals surface area contributed by atoms with E-state index >= 15 is 0 Å². The molecule has 5 nitrogen and oxygen atoms in total. The highest BCUT2D eigenvalue weighted by atomic mass is 35.5. The monoisotopic (exact) mass is 426 g/mol. The van der Waals surface area contributed by atoms with Crippen molar-refractivity contribution in [2.75, 3.05) is 0 Å². The summed E-state index contributed by atoms with van der Waals surface area (Å²) in [5.41, 5.74) is 2.65. The highest BCUT2D eigenvalue weighted by Gasteiger charge is 2.14. The van der Waals surface area contributed by atoms with Gasteiger partial charge in [-0.2, -0.15) is 5.10 Å². The van der Waals surface area contributed by atoms with Gasteiger partial charge >= 0.3 is 5.97 Å². The lowest BCUT2D eigenvalue weighted by molar-refractivity contribution is 0.0699. The lowest BCUT2D eigenvalue weighted by Gasteiger charge is -2.13. The van der Waals surface area contributed by atoms with Crippen LogP contribution in [0.25, 0.3) is 10.9 Å². The van der Waals surface area contributed by atoms with E-state index in [4.69, 9.17) is 27.9 Å². The second-order valence-corrected chi connectivity index (χ2v) is 7.32. The van der Waals surface area contributed by atoms with Crippen molar-refractivity contribution in [2.45, 2.75) is 13.2 Å². The van der Waals surface area contributed by atoms with Crippen LogP contribution in [0.3, 0.4) is 0 Å². The molecule has 146 valence electrons. The first-order valence-electron chi connectivity index (χ1n) is 8.85. The molecule has 0 spiro atoms. The molecule has 1 N–H and O–H groups in total. The number of fused-ring (bicyclic) bond motifs is 1. The molecule has 0 aliphatic rings. The molecular weight excluding hydrogens is 411 g/mol. The molecule has 0 fully saturated rings. The van der Waals surface area contributed by atoms with Crippen LogP contribution in [0.5, 0.6) is 5.75 Å². The molecule has 3 aromatic carbocycles. The largest absolute Gasteiger partial charge is 0.488 e. The van der Waals surface area contributed by atoms with Crippen molar-refractivity contribution in [1.29, 1.82) is 0 Å². The first-order valence-corrected chi connectivity index (χ1v) is 9.61. The molecule has 1 heterocycles. The van der Waals surface area contributed by atoms with Crippen LogP contribution in [-0.4, -0.2) is 20.9 Å². The summed E-state index contributed by atoms with van der Waals surface area (Å²) in [4.78, 5) is 11.4. The van der Waals surface area contributed by atoms with Crippen molar-refractivity contribution in [1.82, 2.24) is 9.78 Å². The Kier molecular flexibility index (Phi) is 5.43. The molecule has 0 unspecified atom stereocenters. The minimum absolute atomic E-state index is 0.218. The second kappa shape index (κ2) is 8.15. The molecule has 0 saturated carbocycles. The van der Waals surface area contributed by atoms with E-state index in [1.165, 1.54) is 0 Å². The molecule has 4 aromatic rings. The number of halogens is 2. The summed E-state index contributed by atoms with van der Waals surface area (Å²) in [6.45, 7) is 0.697. The highest BCUT2D eigenvalue weighted by Crippen LogP contribution is 2.27. The van der Waals surface area contributed by atoms with Gasteiger partial charge < -0.3 is 9.84 Å². The van der Waals surface area contributed by atoms with Crippen LogP contribution in [0.2, 0.25) is 10.0 Å². The van der Waals surface area contributed by atoms with E-state index in [1.54, 1.807) is 29.1 Å². The van der Waals surface area contributed by atoms with Gasteiger partial charge in [0.2, 0.25) is 0 Å². The van der Waals surface area contributed by atoms with Crippen molar-refractivity contribution < 1.29 is 14.6 Å². The fraction of sp³-hybridized carbons (Fsp3) is 0.0909. The average molecular weight is 427 g/mol. The topological polar surface area (TPSA) is 64.3 Å². The van der Waals surface area contributed by atoms with E-state index in [2.05, 4.69) is 5.10 Å². The standard InChI is InChI=1S/C22H16Cl2N2O3/c23-16-8-9-21(29-13-14-4-1-2-6-19(14)24)15(10-16)12-26-20-7-3-5-17(22(27)28)18(20)11-25-26/h1-11H,12-13H2,(H,27,28). The quantitative estimate of drug-likeness (QED) is 0.431. The summed E-state index contributed by atoms with van der Waals surface area (Å²) >= 11 is 12.4. The Balaban J connectivity index is 1.65. The third kappa shape index (κ3) is 4.06. The number of nitrogens with zero attached hydrogens (tertiary/aromatic N) is 2. The maximum atomic E-state index is 11.4. The van der Waals surface area contributed by atoms with Gasteiger partial charge in [0.15, 0.2) is 0 Å². The molecule has 0 bridgehead atoms. The van der Waals surface area contributed by atoms with E-state index < -0.39 is 5.97 Å². The zero-order valence-corrected chi connectivity index (χ0v) is 16.7. The minimum Gasteiger partial charge on any atom is -0.488 e. The Bertz CT molecular complexity index is 1200. The average Bonchev–Trinajstić information content (AvgIpc) is 3.11. The molecule has 0 aliphatic carbocycles. The molecular formula is C22H16Cl2N2O3. The molecule has 0 atom stereocenters. The third-order valence-corrected chi connectivity index (χ3v) is 5.21. The second-order valence-electron chi connectivity index (χ2n) is 6.48. The molecule has 1 aromatic heterocycles. The number of carboxylic acids is 1. The van der Waals surface area contributed by atoms with Gasteiger partial charge in [-0.3, -0.25) is 4.68 Å². The van der Waals surface area contributed by atoms with Gasteiger partial charge in [-0.15, -0.1) is 0 Å². The number of hydrogen-bond donors (Lipinski definition) is 1. The van der Waals surface area contributed by atoms with E-state index in [0.29, 0.717) is 34.3 Å².